The topological polar surface area (TPSA) is 64.9 Å². The number of benzene rings is 2. The first-order valence-corrected chi connectivity index (χ1v) is 11.2. The van der Waals surface area contributed by atoms with E-state index >= 15 is 0 Å². The van der Waals surface area contributed by atoms with Crippen molar-refractivity contribution in [2.75, 3.05) is 32.8 Å². The van der Waals surface area contributed by atoms with Gasteiger partial charge in [0.2, 0.25) is 11.6 Å². The van der Waals surface area contributed by atoms with E-state index < -0.39 is 0 Å². The van der Waals surface area contributed by atoms with Crippen LogP contribution in [-0.4, -0.2) is 57.5 Å². The lowest BCUT2D eigenvalue weighted by molar-refractivity contribution is 0.0366. The Hall–Kier alpha value is -3.10. The molecule has 1 aliphatic heterocycles. The molecular weight excluding hydrogens is 487 g/mol. The number of para-hydroxylation sites is 2. The predicted molar refractivity (Wildman–Crippen MR) is 140 cm³/mol. The van der Waals surface area contributed by atoms with Gasteiger partial charge in [0, 0.05) is 31.7 Å². The van der Waals surface area contributed by atoms with Crippen LogP contribution in [0.25, 0.3) is 28.1 Å². The number of fused-ring (bicyclic) bond motifs is 3. The van der Waals surface area contributed by atoms with E-state index in [9.17, 15) is 4.79 Å². The minimum atomic E-state index is -0.178. The summed E-state index contributed by atoms with van der Waals surface area (Å²) in [6.45, 7) is 5.07. The third-order valence-corrected chi connectivity index (χ3v) is 6.27. The quantitative estimate of drug-likeness (QED) is 0.301. The molecule has 0 amide bonds. The summed E-state index contributed by atoms with van der Waals surface area (Å²) in [4.78, 5) is 21.1. The highest BCUT2D eigenvalue weighted by Crippen LogP contribution is 2.31. The summed E-state index contributed by atoms with van der Waals surface area (Å²) in [6, 6.07) is 21.5. The van der Waals surface area contributed by atoms with E-state index in [1.165, 1.54) is 6.26 Å². The number of hydrogen-bond donors (Lipinski definition) is 0. The zero-order valence-corrected chi connectivity index (χ0v) is 20.6. The average molecular weight is 513 g/mol. The van der Waals surface area contributed by atoms with E-state index in [-0.39, 0.29) is 30.6 Å². The van der Waals surface area contributed by atoms with Crippen molar-refractivity contribution in [1.29, 1.82) is 0 Å². The van der Waals surface area contributed by atoms with Crippen LogP contribution in [0.1, 0.15) is 16.2 Å². The number of imidazole rings is 2. The summed E-state index contributed by atoms with van der Waals surface area (Å²) in [7, 11) is 0. The summed E-state index contributed by atoms with van der Waals surface area (Å²) in [5.74, 6) is 0.889. The van der Waals surface area contributed by atoms with E-state index in [1.807, 2.05) is 52.9 Å². The van der Waals surface area contributed by atoms with Crippen molar-refractivity contribution in [3.05, 3.63) is 84.4 Å². The largest absolute Gasteiger partial charge is 0.461 e. The predicted octanol–water partition coefficient (Wildman–Crippen LogP) is 4.96. The number of furan rings is 1. The van der Waals surface area contributed by atoms with E-state index in [0.717, 1.165) is 61.8 Å². The Labute approximate surface area is 215 Å². The molecule has 0 unspecified atom stereocenters. The van der Waals surface area contributed by atoms with Crippen LogP contribution in [0.2, 0.25) is 0 Å². The number of nitrogens with zero attached hydrogens (tertiary/aromatic N) is 4. The number of aromatic nitrogens is 3. The van der Waals surface area contributed by atoms with Gasteiger partial charge in [-0.3, -0.25) is 14.1 Å². The highest BCUT2D eigenvalue weighted by molar-refractivity contribution is 6.11. The van der Waals surface area contributed by atoms with E-state index in [1.54, 1.807) is 12.1 Å². The molecule has 3 aromatic heterocycles. The van der Waals surface area contributed by atoms with Gasteiger partial charge in [0.1, 0.15) is 11.4 Å². The van der Waals surface area contributed by atoms with Gasteiger partial charge in [0.05, 0.1) is 30.5 Å². The van der Waals surface area contributed by atoms with Crippen molar-refractivity contribution < 1.29 is 13.9 Å². The molecule has 6 rings (SSSR count). The van der Waals surface area contributed by atoms with Crippen LogP contribution in [0.4, 0.5) is 0 Å². The molecule has 9 heteroatoms. The summed E-state index contributed by atoms with van der Waals surface area (Å²) < 4.78 is 15.2. The highest BCUT2D eigenvalue weighted by Gasteiger charge is 2.27. The van der Waals surface area contributed by atoms with Gasteiger partial charge in [0.15, 0.2) is 5.76 Å². The average Bonchev–Trinajstić information content (AvgIpc) is 3.60. The fraction of sp³-hybridized carbons (Fsp3) is 0.231. The van der Waals surface area contributed by atoms with Crippen LogP contribution in [-0.2, 0) is 11.3 Å². The zero-order valence-electron chi connectivity index (χ0n) is 19.0. The van der Waals surface area contributed by atoms with Gasteiger partial charge in [-0.05, 0) is 24.3 Å². The second-order valence-corrected chi connectivity index (χ2v) is 8.21. The fourth-order valence-electron chi connectivity index (χ4n) is 4.62. The number of halogens is 2. The van der Waals surface area contributed by atoms with Gasteiger partial charge in [-0.25, -0.2) is 4.98 Å². The van der Waals surface area contributed by atoms with Crippen LogP contribution >= 0.6 is 24.8 Å². The molecule has 0 atom stereocenters. The molecule has 0 saturated carbocycles. The van der Waals surface area contributed by atoms with Crippen LogP contribution in [0.5, 0.6) is 0 Å². The standard InChI is InChI=1S/C26H24N4O3.2ClH/c31-25(22-11-6-16-33-22)24-23(19-7-2-1-3-8-19)27-26-29(13-12-28-14-17-32-18-15-28)20-9-4-5-10-21(20)30(24)26;;/h1-11,16H,12-15,17-18H2;2*1H. The second kappa shape index (κ2) is 10.7. The number of carbonyl (C=O) groups is 1. The molecule has 0 radical (unpaired) electrons. The van der Waals surface area contributed by atoms with Crippen LogP contribution in [0.15, 0.2) is 77.4 Å². The number of rotatable bonds is 6. The molecule has 35 heavy (non-hydrogen) atoms. The fourth-order valence-corrected chi connectivity index (χ4v) is 4.62. The molecule has 1 saturated heterocycles. The Kier molecular flexibility index (Phi) is 7.62. The SMILES string of the molecule is Cl.Cl.O=C(c1ccco1)c1c(-c2ccccc2)nc2n(CCN3CCOCC3)c3ccccc3n12. The molecule has 2 aromatic carbocycles. The summed E-state index contributed by atoms with van der Waals surface area (Å²) in [5, 5.41) is 0. The van der Waals surface area contributed by atoms with E-state index in [4.69, 9.17) is 14.1 Å². The Balaban J connectivity index is 0.00000144. The molecule has 7 nitrogen and oxygen atoms in total. The van der Waals surface area contributed by atoms with Gasteiger partial charge in [0.25, 0.3) is 0 Å². The van der Waals surface area contributed by atoms with Gasteiger partial charge in [-0.2, -0.15) is 0 Å². The third-order valence-electron chi connectivity index (χ3n) is 6.27. The van der Waals surface area contributed by atoms with Crippen LogP contribution in [0.3, 0.4) is 0 Å². The molecule has 0 N–H and O–H groups in total. The Bertz CT molecular complexity index is 1420. The van der Waals surface area contributed by atoms with Gasteiger partial charge in [-0.15, -0.1) is 24.8 Å². The third kappa shape index (κ3) is 4.48. The van der Waals surface area contributed by atoms with Crippen molar-refractivity contribution in [3.63, 3.8) is 0 Å². The smallest absolute Gasteiger partial charge is 0.247 e. The molecule has 1 fully saturated rings. The maximum absolute atomic E-state index is 13.6. The van der Waals surface area contributed by atoms with E-state index in [0.29, 0.717) is 17.1 Å². The number of hydrogen-bond acceptors (Lipinski definition) is 5. The monoisotopic (exact) mass is 512 g/mol. The maximum atomic E-state index is 13.6. The van der Waals surface area contributed by atoms with Gasteiger partial charge < -0.3 is 13.7 Å². The van der Waals surface area contributed by atoms with Gasteiger partial charge in [-0.1, -0.05) is 42.5 Å². The number of ketones is 1. The minimum Gasteiger partial charge on any atom is -0.461 e. The first-order chi connectivity index (χ1) is 16.3. The van der Waals surface area contributed by atoms with Crippen molar-refractivity contribution in [2.45, 2.75) is 6.54 Å². The lowest BCUT2D eigenvalue weighted by Gasteiger charge is -2.26. The molecular formula is C26H26Cl2N4O3. The van der Waals surface area contributed by atoms with Crippen molar-refractivity contribution in [2.24, 2.45) is 0 Å². The summed E-state index contributed by atoms with van der Waals surface area (Å²) >= 11 is 0. The number of morpholine rings is 1. The first-order valence-electron chi connectivity index (χ1n) is 11.2. The van der Waals surface area contributed by atoms with Crippen molar-refractivity contribution in [1.82, 2.24) is 18.9 Å². The molecule has 182 valence electrons. The molecule has 0 aliphatic carbocycles. The minimum absolute atomic E-state index is 0. The van der Waals surface area contributed by atoms with Crippen molar-refractivity contribution in [3.8, 4) is 11.3 Å². The maximum Gasteiger partial charge on any atom is 0.247 e. The molecule has 5 aromatic rings. The van der Waals surface area contributed by atoms with E-state index in [2.05, 4.69) is 15.5 Å². The molecule has 4 heterocycles. The Morgan fingerprint density at radius 2 is 1.57 bits per heavy atom. The van der Waals surface area contributed by atoms with Crippen molar-refractivity contribution >= 4 is 47.4 Å². The lowest BCUT2D eigenvalue weighted by Crippen LogP contribution is -2.38. The van der Waals surface area contributed by atoms with Gasteiger partial charge >= 0.3 is 0 Å². The number of ether oxygens (including phenoxy) is 1. The summed E-state index contributed by atoms with van der Waals surface area (Å²) in [6.07, 6.45) is 1.53. The molecule has 0 spiro atoms. The Morgan fingerprint density at radius 3 is 2.29 bits per heavy atom. The lowest BCUT2D eigenvalue weighted by atomic mass is 10.1. The number of carbonyl (C=O) groups excluding carboxylic acids is 1. The second-order valence-electron chi connectivity index (χ2n) is 8.21. The first kappa shape index (κ1) is 25.0. The Morgan fingerprint density at radius 1 is 0.857 bits per heavy atom. The molecule has 0 bridgehead atoms. The normalized spacial score (nSPS) is 14.1. The van der Waals surface area contributed by atoms with Crippen LogP contribution in [0, 0.1) is 0 Å². The van der Waals surface area contributed by atoms with Crippen LogP contribution < -0.4 is 0 Å². The highest BCUT2D eigenvalue weighted by atomic mass is 35.5. The molecule has 1 aliphatic rings. The summed E-state index contributed by atoms with van der Waals surface area (Å²) in [5.41, 5.74) is 4.10. The zero-order chi connectivity index (χ0) is 22.2.